The second-order valence-electron chi connectivity index (χ2n) is 7.61. The lowest BCUT2D eigenvalue weighted by Crippen LogP contribution is -2.51. The molecule has 1 aliphatic rings. The van der Waals surface area contributed by atoms with Crippen LogP contribution in [0, 0.1) is 0 Å². The molecule has 1 unspecified atom stereocenters. The molecule has 2 aromatic rings. The Kier molecular flexibility index (Phi) is 7.55. The van der Waals surface area contributed by atoms with Crippen molar-refractivity contribution >= 4 is 31.9 Å². The van der Waals surface area contributed by atoms with Gasteiger partial charge in [-0.3, -0.25) is 4.79 Å². The second kappa shape index (κ2) is 9.94. The molecule has 1 fully saturated rings. The van der Waals surface area contributed by atoms with Gasteiger partial charge in [-0.1, -0.05) is 34.5 Å². The number of rotatable bonds is 7. The summed E-state index contributed by atoms with van der Waals surface area (Å²) in [7, 11) is -3.74. The summed E-state index contributed by atoms with van der Waals surface area (Å²) in [5, 5.41) is 2.90. The van der Waals surface area contributed by atoms with E-state index >= 15 is 0 Å². The third-order valence-electron chi connectivity index (χ3n) is 4.94. The molecule has 1 aliphatic heterocycles. The molecular weight excluding hydrogens is 468 g/mol. The van der Waals surface area contributed by atoms with Crippen LogP contribution in [0.5, 0.6) is 5.75 Å². The maximum atomic E-state index is 13.1. The Morgan fingerprint density at radius 2 is 1.80 bits per heavy atom. The maximum absolute atomic E-state index is 13.1. The molecule has 0 bridgehead atoms. The van der Waals surface area contributed by atoms with E-state index in [0.717, 1.165) is 28.6 Å². The number of nitrogens with zero attached hydrogens (tertiary/aromatic N) is 1. The Hall–Kier alpha value is -1.90. The van der Waals surface area contributed by atoms with Crippen molar-refractivity contribution in [3.63, 3.8) is 0 Å². The number of benzene rings is 2. The quantitative estimate of drug-likeness (QED) is 0.628. The van der Waals surface area contributed by atoms with E-state index < -0.39 is 16.1 Å². The molecule has 0 aliphatic carbocycles. The van der Waals surface area contributed by atoms with Gasteiger partial charge in [0, 0.05) is 17.6 Å². The van der Waals surface area contributed by atoms with Crippen LogP contribution in [0.2, 0.25) is 0 Å². The first-order chi connectivity index (χ1) is 14.3. The molecule has 1 amide bonds. The van der Waals surface area contributed by atoms with E-state index in [1.807, 2.05) is 38.1 Å². The third kappa shape index (κ3) is 5.62. The number of piperidine rings is 1. The zero-order valence-corrected chi connectivity index (χ0v) is 19.6. The molecule has 3 rings (SSSR count). The second-order valence-corrected chi connectivity index (χ2v) is 10.4. The van der Waals surface area contributed by atoms with Gasteiger partial charge in [-0.25, -0.2) is 8.42 Å². The van der Waals surface area contributed by atoms with Gasteiger partial charge in [-0.05, 0) is 68.7 Å². The van der Waals surface area contributed by atoms with Crippen LogP contribution in [-0.4, -0.2) is 37.3 Å². The van der Waals surface area contributed by atoms with Crippen LogP contribution in [-0.2, 0) is 21.4 Å². The summed E-state index contributed by atoms with van der Waals surface area (Å²) in [6.45, 7) is 4.61. The van der Waals surface area contributed by atoms with Crippen molar-refractivity contribution in [1.29, 1.82) is 0 Å². The highest BCUT2D eigenvalue weighted by Gasteiger charge is 2.37. The minimum absolute atomic E-state index is 0.0977. The number of ether oxygens (including phenoxy) is 1. The highest BCUT2D eigenvalue weighted by molar-refractivity contribution is 9.10. The van der Waals surface area contributed by atoms with Gasteiger partial charge in [-0.15, -0.1) is 0 Å². The molecule has 1 atom stereocenters. The largest absolute Gasteiger partial charge is 0.491 e. The molecule has 30 heavy (non-hydrogen) atoms. The fourth-order valence-electron chi connectivity index (χ4n) is 3.46. The van der Waals surface area contributed by atoms with Crippen LogP contribution in [0.25, 0.3) is 0 Å². The van der Waals surface area contributed by atoms with Crippen molar-refractivity contribution in [2.24, 2.45) is 0 Å². The summed E-state index contributed by atoms with van der Waals surface area (Å²) >= 11 is 3.32. The van der Waals surface area contributed by atoms with Gasteiger partial charge in [0.25, 0.3) is 0 Å². The smallest absolute Gasteiger partial charge is 0.243 e. The molecule has 0 radical (unpaired) electrons. The number of hydrogen-bond acceptors (Lipinski definition) is 4. The minimum atomic E-state index is -3.74. The Labute approximate surface area is 186 Å². The van der Waals surface area contributed by atoms with Crippen molar-refractivity contribution < 1.29 is 17.9 Å². The van der Waals surface area contributed by atoms with E-state index in [0.29, 0.717) is 19.5 Å². The van der Waals surface area contributed by atoms with E-state index in [9.17, 15) is 13.2 Å². The molecule has 8 heteroatoms. The van der Waals surface area contributed by atoms with Gasteiger partial charge < -0.3 is 10.1 Å². The topological polar surface area (TPSA) is 75.7 Å². The first-order valence-corrected chi connectivity index (χ1v) is 12.3. The van der Waals surface area contributed by atoms with Crippen molar-refractivity contribution in [2.75, 3.05) is 6.54 Å². The molecule has 1 saturated heterocycles. The fraction of sp³-hybridized carbons (Fsp3) is 0.409. The average Bonchev–Trinajstić information content (AvgIpc) is 2.73. The first kappa shape index (κ1) is 22.8. The summed E-state index contributed by atoms with van der Waals surface area (Å²) in [5.41, 5.74) is 0.928. The number of hydrogen-bond donors (Lipinski definition) is 1. The van der Waals surface area contributed by atoms with Crippen LogP contribution in [0.3, 0.4) is 0 Å². The monoisotopic (exact) mass is 494 g/mol. The Morgan fingerprint density at radius 3 is 2.43 bits per heavy atom. The van der Waals surface area contributed by atoms with Gasteiger partial charge in [0.15, 0.2) is 0 Å². The summed E-state index contributed by atoms with van der Waals surface area (Å²) < 4.78 is 34.0. The normalized spacial score (nSPS) is 17.7. The molecule has 1 N–H and O–H groups in total. The minimum Gasteiger partial charge on any atom is -0.491 e. The van der Waals surface area contributed by atoms with Crippen LogP contribution < -0.4 is 10.1 Å². The van der Waals surface area contributed by atoms with Gasteiger partial charge in [0.1, 0.15) is 11.8 Å². The Balaban J connectivity index is 1.68. The van der Waals surface area contributed by atoms with Gasteiger partial charge in [-0.2, -0.15) is 4.31 Å². The Morgan fingerprint density at radius 1 is 1.13 bits per heavy atom. The predicted octanol–water partition coefficient (Wildman–Crippen LogP) is 4.10. The molecule has 0 aromatic heterocycles. The van der Waals surface area contributed by atoms with Gasteiger partial charge in [0.2, 0.25) is 15.9 Å². The summed E-state index contributed by atoms with van der Waals surface area (Å²) in [4.78, 5) is 13.1. The summed E-state index contributed by atoms with van der Waals surface area (Å²) in [6.07, 6.45) is 2.19. The van der Waals surface area contributed by atoms with E-state index in [2.05, 4.69) is 21.2 Å². The summed E-state index contributed by atoms with van der Waals surface area (Å²) in [5.74, 6) is 0.511. The standard InChI is InChI=1S/C22H27BrN2O4S/c1-16(2)29-19-10-6-17(7-11-19)15-24-22(26)21-5-3-4-14-25(21)30(27,28)20-12-8-18(23)9-13-20/h6-13,16,21H,3-5,14-15H2,1-2H3,(H,24,26). The van der Waals surface area contributed by atoms with Crippen molar-refractivity contribution in [3.05, 3.63) is 58.6 Å². The SMILES string of the molecule is CC(C)Oc1ccc(CNC(=O)C2CCCCN2S(=O)(=O)c2ccc(Br)cc2)cc1. The number of carbonyl (C=O) groups is 1. The lowest BCUT2D eigenvalue weighted by molar-refractivity contribution is -0.125. The lowest BCUT2D eigenvalue weighted by Gasteiger charge is -2.33. The van der Waals surface area contributed by atoms with Crippen LogP contribution in [0.1, 0.15) is 38.7 Å². The number of nitrogens with one attached hydrogen (secondary N) is 1. The van der Waals surface area contributed by atoms with Gasteiger partial charge in [0.05, 0.1) is 11.0 Å². The van der Waals surface area contributed by atoms with E-state index in [-0.39, 0.29) is 16.9 Å². The van der Waals surface area contributed by atoms with Crippen LogP contribution in [0.4, 0.5) is 0 Å². The third-order valence-corrected chi connectivity index (χ3v) is 7.39. The molecule has 2 aromatic carbocycles. The van der Waals surface area contributed by atoms with Crippen molar-refractivity contribution in [3.8, 4) is 5.75 Å². The number of carbonyl (C=O) groups excluding carboxylic acids is 1. The van der Waals surface area contributed by atoms with Crippen LogP contribution in [0.15, 0.2) is 57.9 Å². The highest BCUT2D eigenvalue weighted by Crippen LogP contribution is 2.26. The molecule has 0 saturated carbocycles. The molecule has 0 spiro atoms. The van der Waals surface area contributed by atoms with Gasteiger partial charge >= 0.3 is 0 Å². The maximum Gasteiger partial charge on any atom is 0.243 e. The number of sulfonamides is 1. The van der Waals surface area contributed by atoms with Crippen molar-refractivity contribution in [2.45, 2.75) is 56.7 Å². The van der Waals surface area contributed by atoms with Crippen molar-refractivity contribution in [1.82, 2.24) is 9.62 Å². The Bertz CT molecular complexity index is 960. The predicted molar refractivity (Wildman–Crippen MR) is 120 cm³/mol. The average molecular weight is 495 g/mol. The summed E-state index contributed by atoms with van der Waals surface area (Å²) in [6, 6.07) is 13.3. The molecule has 1 heterocycles. The fourth-order valence-corrected chi connectivity index (χ4v) is 5.38. The molecule has 162 valence electrons. The highest BCUT2D eigenvalue weighted by atomic mass is 79.9. The zero-order valence-electron chi connectivity index (χ0n) is 17.2. The number of halogens is 1. The number of amides is 1. The zero-order chi connectivity index (χ0) is 21.7. The van der Waals surface area contributed by atoms with E-state index in [1.54, 1.807) is 24.3 Å². The molecular formula is C22H27BrN2O4S. The van der Waals surface area contributed by atoms with Crippen LogP contribution >= 0.6 is 15.9 Å². The molecule has 6 nitrogen and oxygen atoms in total. The lowest BCUT2D eigenvalue weighted by atomic mass is 10.0. The first-order valence-electron chi connectivity index (χ1n) is 10.1. The van der Waals surface area contributed by atoms with E-state index in [4.69, 9.17) is 4.74 Å². The van der Waals surface area contributed by atoms with E-state index in [1.165, 1.54) is 4.31 Å².